The molecule has 3 amide bonds. The molecule has 76 heavy (non-hydrogen) atoms. The lowest BCUT2D eigenvalue weighted by Gasteiger charge is -2.37. The van der Waals surface area contributed by atoms with Crippen molar-refractivity contribution in [3.63, 3.8) is 0 Å². The number of hydrogen-bond acceptors (Lipinski definition) is 4. The molecule has 0 bridgehead atoms. The van der Waals surface area contributed by atoms with Crippen LogP contribution in [-0.4, -0.2) is 22.8 Å². The number of aliphatic hydroxyl groups is 1. The van der Waals surface area contributed by atoms with E-state index in [1.165, 1.54) is 4.90 Å². The zero-order valence-corrected chi connectivity index (χ0v) is 43.8. The standard InChI is InChI=1S/C70H54N2O4/c1-35(2)41-13-9-14-42(36(3)4)65(41)71-67(73)55-31-27-51-47-19-11-17-45-39(23-25-49(59(45)47)53-29-33-57(69(71)75)63(55)61(51)53)21-22-40-24-26-50-54-30-34-58-64-56(32-28-52(62(54)64)48-20-12-18-46(40)60(48)50)68(74)72(70(58)76)66-43(37(5)6)15-10-16-44(66)38(7)8/h9-20,23-38,67,73H,1-8H3. The first-order valence-corrected chi connectivity index (χ1v) is 26.7. The van der Waals surface area contributed by atoms with Gasteiger partial charge in [-0.05, 0) is 152 Å². The number of nitrogens with zero attached hydrogens (tertiary/aromatic N) is 2. The Morgan fingerprint density at radius 3 is 1.14 bits per heavy atom. The van der Waals surface area contributed by atoms with Gasteiger partial charge in [0.2, 0.25) is 0 Å². The van der Waals surface area contributed by atoms with Crippen LogP contribution in [-0.2, 0) is 0 Å². The molecule has 12 aromatic rings. The largest absolute Gasteiger partial charge is 0.369 e. The van der Waals surface area contributed by atoms with Crippen LogP contribution in [0.1, 0.15) is 155 Å². The second kappa shape index (κ2) is 16.4. The average Bonchev–Trinajstić information content (AvgIpc) is 3.62. The molecule has 2 aliphatic heterocycles. The first kappa shape index (κ1) is 45.9. The van der Waals surface area contributed by atoms with Crippen LogP contribution in [0.5, 0.6) is 0 Å². The molecule has 0 aliphatic carbocycles. The Labute approximate surface area is 440 Å². The van der Waals surface area contributed by atoms with Crippen molar-refractivity contribution in [2.45, 2.75) is 85.3 Å². The number of imide groups is 1. The lowest BCUT2D eigenvalue weighted by Crippen LogP contribution is -2.41. The van der Waals surface area contributed by atoms with Gasteiger partial charge in [0.05, 0.1) is 11.4 Å². The van der Waals surface area contributed by atoms with E-state index in [9.17, 15) is 19.5 Å². The Hall–Kier alpha value is -8.63. The molecule has 1 unspecified atom stereocenters. The Kier molecular flexibility index (Phi) is 9.93. The van der Waals surface area contributed by atoms with Crippen molar-refractivity contribution < 1.29 is 19.5 Å². The maximum atomic E-state index is 14.9. The smallest absolute Gasteiger partial charge is 0.266 e. The van der Waals surface area contributed by atoms with Crippen molar-refractivity contribution in [2.75, 3.05) is 9.80 Å². The van der Waals surface area contributed by atoms with E-state index in [1.807, 2.05) is 42.5 Å². The molecule has 0 fully saturated rings. The molecular formula is C70H54N2O4. The molecule has 0 saturated carbocycles. The van der Waals surface area contributed by atoms with Gasteiger partial charge in [0.25, 0.3) is 17.7 Å². The fourth-order valence-electron chi connectivity index (χ4n) is 13.4. The van der Waals surface area contributed by atoms with Crippen LogP contribution < -0.4 is 9.80 Å². The van der Waals surface area contributed by atoms with Gasteiger partial charge in [-0.1, -0.05) is 182 Å². The summed E-state index contributed by atoms with van der Waals surface area (Å²) in [6.07, 6.45) is -1.16. The summed E-state index contributed by atoms with van der Waals surface area (Å²) in [6, 6.07) is 49.8. The predicted octanol–water partition coefficient (Wildman–Crippen LogP) is 17.1. The summed E-state index contributed by atoms with van der Waals surface area (Å²) in [7, 11) is 0. The fourth-order valence-corrected chi connectivity index (χ4v) is 13.4. The van der Waals surface area contributed by atoms with Gasteiger partial charge >= 0.3 is 0 Å². The van der Waals surface area contributed by atoms with E-state index in [4.69, 9.17) is 0 Å². The van der Waals surface area contributed by atoms with Crippen LogP contribution in [0.25, 0.3) is 86.2 Å². The molecule has 0 saturated heterocycles. The van der Waals surface area contributed by atoms with E-state index in [0.29, 0.717) is 27.8 Å². The van der Waals surface area contributed by atoms with Crippen molar-refractivity contribution in [3.8, 4) is 11.8 Å². The molecule has 2 heterocycles. The third-order valence-electron chi connectivity index (χ3n) is 16.9. The van der Waals surface area contributed by atoms with Crippen molar-refractivity contribution >= 4 is 115 Å². The minimum atomic E-state index is -1.16. The van der Waals surface area contributed by atoms with E-state index in [2.05, 4.69) is 170 Å². The summed E-state index contributed by atoms with van der Waals surface area (Å²) < 4.78 is 0. The molecule has 0 spiro atoms. The zero-order chi connectivity index (χ0) is 52.3. The van der Waals surface area contributed by atoms with Crippen molar-refractivity contribution in [2.24, 2.45) is 0 Å². The van der Waals surface area contributed by atoms with Gasteiger partial charge in [-0.15, -0.1) is 0 Å². The Morgan fingerprint density at radius 1 is 0.355 bits per heavy atom. The molecule has 2 aliphatic rings. The molecule has 368 valence electrons. The van der Waals surface area contributed by atoms with Crippen molar-refractivity contribution in [1.82, 2.24) is 0 Å². The zero-order valence-electron chi connectivity index (χ0n) is 43.8. The van der Waals surface area contributed by atoms with Gasteiger partial charge in [0.15, 0.2) is 6.23 Å². The molecule has 0 radical (unpaired) electrons. The molecule has 1 N–H and O–H groups in total. The average molecular weight is 987 g/mol. The fraction of sp³-hybridized carbons (Fsp3) is 0.186. The van der Waals surface area contributed by atoms with Gasteiger partial charge < -0.3 is 5.11 Å². The number of anilines is 2. The van der Waals surface area contributed by atoms with E-state index in [-0.39, 0.29) is 41.4 Å². The second-order valence-electron chi connectivity index (χ2n) is 22.4. The lowest BCUT2D eigenvalue weighted by atomic mass is 9.83. The molecular weight excluding hydrogens is 933 g/mol. The highest BCUT2D eigenvalue weighted by Gasteiger charge is 2.40. The number of carbonyl (C=O) groups is 3. The van der Waals surface area contributed by atoms with Crippen LogP contribution in [0, 0.1) is 11.8 Å². The third kappa shape index (κ3) is 6.12. The number of amides is 3. The van der Waals surface area contributed by atoms with Crippen molar-refractivity contribution in [3.05, 3.63) is 201 Å². The van der Waals surface area contributed by atoms with Gasteiger partial charge in [0, 0.05) is 44.2 Å². The SMILES string of the molecule is CC(C)c1cccc(C(C)C)c1N1C(=O)c2ccc3c4cccc5c(C#Cc6ccc7c8ccc9c%10c(ccc(c%11cccc6c7%11)c%108)C(O)N(c6c(C(C)C)cccc6C(C)C)C9=O)ccc(c6ccc(c2c36)C1=O)c54. The summed E-state index contributed by atoms with van der Waals surface area (Å²) in [5, 5.41) is 28.4. The molecule has 12 aromatic carbocycles. The third-order valence-corrected chi connectivity index (χ3v) is 16.9. The van der Waals surface area contributed by atoms with E-state index in [1.54, 1.807) is 4.90 Å². The van der Waals surface area contributed by atoms with Crippen molar-refractivity contribution in [1.29, 1.82) is 0 Å². The summed E-state index contributed by atoms with van der Waals surface area (Å²) in [4.78, 5) is 47.6. The summed E-state index contributed by atoms with van der Waals surface area (Å²) in [6.45, 7) is 17.0. The minimum Gasteiger partial charge on any atom is -0.369 e. The van der Waals surface area contributed by atoms with Gasteiger partial charge in [0.1, 0.15) is 0 Å². The van der Waals surface area contributed by atoms with E-state index >= 15 is 0 Å². The topological polar surface area (TPSA) is 77.9 Å². The molecule has 1 atom stereocenters. The first-order valence-electron chi connectivity index (χ1n) is 26.7. The first-order chi connectivity index (χ1) is 36.7. The quantitative estimate of drug-likeness (QED) is 0.0779. The van der Waals surface area contributed by atoms with Gasteiger partial charge in [-0.3, -0.25) is 19.3 Å². The van der Waals surface area contributed by atoms with Crippen LogP contribution in [0.3, 0.4) is 0 Å². The van der Waals surface area contributed by atoms with Crippen LogP contribution in [0.4, 0.5) is 11.4 Å². The Balaban J connectivity index is 0.887. The Bertz CT molecular complexity index is 4500. The molecule has 6 nitrogen and oxygen atoms in total. The molecule has 14 rings (SSSR count). The normalized spacial score (nSPS) is 14.9. The highest BCUT2D eigenvalue weighted by molar-refractivity contribution is 6.43. The van der Waals surface area contributed by atoms with E-state index in [0.717, 1.165) is 125 Å². The monoisotopic (exact) mass is 986 g/mol. The second-order valence-corrected chi connectivity index (χ2v) is 22.4. The number of aliphatic hydroxyl groups excluding tert-OH is 1. The summed E-state index contributed by atoms with van der Waals surface area (Å²) >= 11 is 0. The van der Waals surface area contributed by atoms with E-state index < -0.39 is 6.23 Å². The van der Waals surface area contributed by atoms with Gasteiger partial charge in [-0.25, -0.2) is 4.90 Å². The maximum Gasteiger partial charge on any atom is 0.266 e. The number of para-hydroxylation sites is 2. The number of fused-ring (bicyclic) bond motifs is 4. The Morgan fingerprint density at radius 2 is 0.697 bits per heavy atom. The van der Waals surface area contributed by atoms with Gasteiger partial charge in [-0.2, -0.15) is 0 Å². The number of carbonyl (C=O) groups excluding carboxylic acids is 3. The number of rotatable bonds is 6. The molecule has 6 heteroatoms. The number of hydrogen-bond donors (Lipinski definition) is 1. The number of benzene rings is 12. The summed E-state index contributed by atoms with van der Waals surface area (Å²) in [5.74, 6) is 6.98. The van der Waals surface area contributed by atoms with Crippen LogP contribution in [0.2, 0.25) is 0 Å². The molecule has 0 aromatic heterocycles. The summed E-state index contributed by atoms with van der Waals surface area (Å²) in [5.41, 5.74) is 9.77. The predicted molar refractivity (Wildman–Crippen MR) is 313 cm³/mol. The maximum absolute atomic E-state index is 14.9. The highest BCUT2D eigenvalue weighted by atomic mass is 16.3. The van der Waals surface area contributed by atoms with Crippen LogP contribution in [0.15, 0.2) is 146 Å². The minimum absolute atomic E-state index is 0.110. The highest BCUT2D eigenvalue weighted by Crippen LogP contribution is 2.50. The lowest BCUT2D eigenvalue weighted by molar-refractivity contribution is 0.0870. The van der Waals surface area contributed by atoms with Crippen LogP contribution >= 0.6 is 0 Å².